The molecule has 0 aliphatic heterocycles. The van der Waals surface area contributed by atoms with E-state index < -0.39 is 0 Å². The number of aliphatic imine (C=N–C) groups is 1. The Kier molecular flexibility index (Phi) is 9.59. The van der Waals surface area contributed by atoms with Crippen LogP contribution in [-0.4, -0.2) is 60.6 Å². The zero-order valence-electron chi connectivity index (χ0n) is 15.2. The molecule has 0 unspecified atom stereocenters. The van der Waals surface area contributed by atoms with E-state index in [0.717, 1.165) is 44.1 Å². The zero-order valence-corrected chi connectivity index (χ0v) is 18.4. The Morgan fingerprint density at radius 2 is 1.91 bits per heavy atom. The molecule has 2 rings (SSSR count). The molecule has 23 heavy (non-hydrogen) atoms. The summed E-state index contributed by atoms with van der Waals surface area (Å²) in [6.45, 7) is 11.8. The van der Waals surface area contributed by atoms with E-state index >= 15 is 0 Å². The molecule has 2 N–H and O–H groups in total. The Bertz CT molecular complexity index is 368. The third-order valence-corrected chi connectivity index (χ3v) is 5.69. The first-order valence-corrected chi connectivity index (χ1v) is 10.1. The largest absolute Gasteiger partial charge is 0.357 e. The lowest BCUT2D eigenvalue weighted by atomic mass is 10.2. The molecule has 0 atom stereocenters. The maximum absolute atomic E-state index is 4.74. The molecule has 0 spiro atoms. The first-order valence-electron chi connectivity index (χ1n) is 8.85. The van der Waals surface area contributed by atoms with Crippen LogP contribution in [0.4, 0.5) is 0 Å². The second-order valence-electron chi connectivity index (χ2n) is 7.26. The Hall–Kier alpha value is 0.310. The van der Waals surface area contributed by atoms with Crippen molar-refractivity contribution in [1.29, 1.82) is 0 Å². The van der Waals surface area contributed by atoms with Crippen molar-refractivity contribution in [2.24, 2.45) is 10.9 Å². The molecule has 6 heteroatoms. The summed E-state index contributed by atoms with van der Waals surface area (Å²) in [5.74, 6) is 1.96. The summed E-state index contributed by atoms with van der Waals surface area (Å²) < 4.78 is 0.203. The van der Waals surface area contributed by atoms with E-state index in [1.165, 1.54) is 32.2 Å². The van der Waals surface area contributed by atoms with Crippen LogP contribution in [-0.2, 0) is 0 Å². The minimum atomic E-state index is 0. The van der Waals surface area contributed by atoms with Crippen LogP contribution in [0.1, 0.15) is 46.5 Å². The first kappa shape index (κ1) is 21.4. The molecule has 0 aromatic carbocycles. The molecule has 136 valence electrons. The first-order chi connectivity index (χ1) is 10.5. The minimum absolute atomic E-state index is 0. The summed E-state index contributed by atoms with van der Waals surface area (Å²) in [5, 5.41) is 6.87. The molecule has 0 heterocycles. The van der Waals surface area contributed by atoms with E-state index in [1.54, 1.807) is 0 Å². The van der Waals surface area contributed by atoms with Gasteiger partial charge in [-0.2, -0.15) is 11.8 Å². The molecule has 0 saturated heterocycles. The lowest BCUT2D eigenvalue weighted by Gasteiger charge is -2.23. The molecular formula is C17H35IN4S. The van der Waals surface area contributed by atoms with Gasteiger partial charge in [0.15, 0.2) is 5.96 Å². The fourth-order valence-corrected chi connectivity index (χ4v) is 2.68. The molecule has 4 nitrogen and oxygen atoms in total. The van der Waals surface area contributed by atoms with Crippen molar-refractivity contribution >= 4 is 41.7 Å². The highest BCUT2D eigenvalue weighted by Gasteiger charge is 2.33. The standard InChI is InChI=1S/C17H34N4S.HI/c1-5-18-16(20-13-17(2,3)22-4)19-10-11-21(15-8-9-15)12-14-6-7-14;/h14-15H,5-13H2,1-4H3,(H2,18,19,20);1H. The van der Waals surface area contributed by atoms with Crippen LogP contribution in [0.5, 0.6) is 0 Å². The van der Waals surface area contributed by atoms with Crippen molar-refractivity contribution in [3.63, 3.8) is 0 Å². The maximum atomic E-state index is 4.74. The van der Waals surface area contributed by atoms with Gasteiger partial charge < -0.3 is 10.6 Å². The highest BCUT2D eigenvalue weighted by molar-refractivity contribution is 14.0. The number of guanidine groups is 1. The smallest absolute Gasteiger partial charge is 0.191 e. The average Bonchev–Trinajstić information content (AvgIpc) is 3.37. The summed E-state index contributed by atoms with van der Waals surface area (Å²) in [7, 11) is 0. The van der Waals surface area contributed by atoms with Crippen LogP contribution in [0.3, 0.4) is 0 Å². The van der Waals surface area contributed by atoms with E-state index in [4.69, 9.17) is 4.99 Å². The van der Waals surface area contributed by atoms with Crippen LogP contribution < -0.4 is 10.6 Å². The predicted octanol–water partition coefficient (Wildman–Crippen LogP) is 3.18. The van der Waals surface area contributed by atoms with Gasteiger partial charge in [0.1, 0.15) is 0 Å². The summed E-state index contributed by atoms with van der Waals surface area (Å²) in [5.41, 5.74) is 0. The molecule has 0 aromatic heterocycles. The fraction of sp³-hybridized carbons (Fsp3) is 0.941. The Morgan fingerprint density at radius 1 is 1.22 bits per heavy atom. The predicted molar refractivity (Wildman–Crippen MR) is 114 cm³/mol. The van der Waals surface area contributed by atoms with Gasteiger partial charge in [-0.25, -0.2) is 0 Å². The SMILES string of the molecule is CCNC(=NCC(C)(C)SC)NCCN(CC1CC1)C1CC1.I. The molecule has 2 saturated carbocycles. The average molecular weight is 454 g/mol. The number of halogens is 1. The number of nitrogens with zero attached hydrogens (tertiary/aromatic N) is 2. The third-order valence-electron chi connectivity index (χ3n) is 4.46. The van der Waals surface area contributed by atoms with Crippen molar-refractivity contribution in [3.05, 3.63) is 0 Å². The van der Waals surface area contributed by atoms with E-state index in [0.29, 0.717) is 0 Å². The molecular weight excluding hydrogens is 419 g/mol. The molecule has 0 radical (unpaired) electrons. The van der Waals surface area contributed by atoms with Gasteiger partial charge in [0.2, 0.25) is 0 Å². The molecule has 0 bridgehead atoms. The van der Waals surface area contributed by atoms with E-state index in [2.05, 4.69) is 42.6 Å². The van der Waals surface area contributed by atoms with Gasteiger partial charge in [-0.15, -0.1) is 24.0 Å². The Labute approximate surface area is 164 Å². The van der Waals surface area contributed by atoms with Crippen molar-refractivity contribution in [3.8, 4) is 0 Å². The number of rotatable bonds is 10. The summed E-state index contributed by atoms with van der Waals surface area (Å²) in [4.78, 5) is 7.44. The zero-order chi connectivity index (χ0) is 16.0. The van der Waals surface area contributed by atoms with Crippen molar-refractivity contribution in [2.45, 2.75) is 57.2 Å². The Balaban J connectivity index is 0.00000264. The van der Waals surface area contributed by atoms with Gasteiger partial charge >= 0.3 is 0 Å². The summed E-state index contributed by atoms with van der Waals surface area (Å²) in [6, 6.07) is 0.873. The molecule has 2 aliphatic rings. The van der Waals surface area contributed by atoms with Crippen LogP contribution in [0.15, 0.2) is 4.99 Å². The second-order valence-corrected chi connectivity index (χ2v) is 8.77. The van der Waals surface area contributed by atoms with Crippen molar-refractivity contribution < 1.29 is 0 Å². The van der Waals surface area contributed by atoms with Gasteiger partial charge in [0, 0.05) is 37.0 Å². The Morgan fingerprint density at radius 3 is 2.43 bits per heavy atom. The minimum Gasteiger partial charge on any atom is -0.357 e. The fourth-order valence-electron chi connectivity index (χ4n) is 2.49. The number of nitrogens with one attached hydrogen (secondary N) is 2. The monoisotopic (exact) mass is 454 g/mol. The van der Waals surface area contributed by atoms with Crippen LogP contribution >= 0.6 is 35.7 Å². The lowest BCUT2D eigenvalue weighted by Crippen LogP contribution is -2.43. The molecule has 0 aromatic rings. The van der Waals surface area contributed by atoms with E-state index in [9.17, 15) is 0 Å². The summed E-state index contributed by atoms with van der Waals surface area (Å²) in [6.07, 6.45) is 7.86. The normalized spacial score (nSPS) is 18.7. The van der Waals surface area contributed by atoms with Crippen molar-refractivity contribution in [1.82, 2.24) is 15.5 Å². The molecule has 2 aliphatic carbocycles. The highest BCUT2D eigenvalue weighted by Crippen LogP contribution is 2.34. The number of hydrogen-bond donors (Lipinski definition) is 2. The van der Waals surface area contributed by atoms with Gasteiger partial charge in [-0.1, -0.05) is 0 Å². The molecule has 0 amide bonds. The number of hydrogen-bond acceptors (Lipinski definition) is 3. The van der Waals surface area contributed by atoms with Crippen molar-refractivity contribution in [2.75, 3.05) is 39.0 Å². The van der Waals surface area contributed by atoms with Crippen LogP contribution in [0, 0.1) is 5.92 Å². The quantitative estimate of drug-likeness (QED) is 0.302. The van der Waals surface area contributed by atoms with Crippen LogP contribution in [0.25, 0.3) is 0 Å². The maximum Gasteiger partial charge on any atom is 0.191 e. The lowest BCUT2D eigenvalue weighted by molar-refractivity contribution is 0.256. The van der Waals surface area contributed by atoms with Crippen LogP contribution in [0.2, 0.25) is 0 Å². The topological polar surface area (TPSA) is 39.7 Å². The van der Waals surface area contributed by atoms with Gasteiger partial charge in [0.25, 0.3) is 0 Å². The second kappa shape index (κ2) is 10.3. The van der Waals surface area contributed by atoms with E-state index in [1.807, 2.05) is 11.8 Å². The van der Waals surface area contributed by atoms with Gasteiger partial charge in [-0.3, -0.25) is 9.89 Å². The van der Waals surface area contributed by atoms with Gasteiger partial charge in [-0.05, 0) is 58.6 Å². The van der Waals surface area contributed by atoms with E-state index in [-0.39, 0.29) is 28.7 Å². The third kappa shape index (κ3) is 8.82. The highest BCUT2D eigenvalue weighted by atomic mass is 127. The summed E-state index contributed by atoms with van der Waals surface area (Å²) >= 11 is 1.87. The molecule has 2 fully saturated rings. The number of thioether (sulfide) groups is 1. The van der Waals surface area contributed by atoms with Gasteiger partial charge in [0.05, 0.1) is 6.54 Å².